The van der Waals surface area contributed by atoms with E-state index in [1.807, 2.05) is 13.2 Å². The number of thioether (sulfide) groups is 1. The lowest BCUT2D eigenvalue weighted by Gasteiger charge is -2.24. The third kappa shape index (κ3) is 6.22. The number of carbonyl (C=O) groups is 3. The molecular formula is C21H28N4O6S. The first kappa shape index (κ1) is 25.2. The van der Waals surface area contributed by atoms with Gasteiger partial charge in [0.1, 0.15) is 18.6 Å². The maximum atomic E-state index is 12.7. The van der Waals surface area contributed by atoms with Gasteiger partial charge in [0.05, 0.1) is 10.9 Å². The summed E-state index contributed by atoms with van der Waals surface area (Å²) < 4.78 is 0.764. The van der Waals surface area contributed by atoms with Gasteiger partial charge in [-0.25, -0.2) is 9.59 Å². The van der Waals surface area contributed by atoms with Crippen LogP contribution in [0.2, 0.25) is 0 Å². The molecule has 3 unspecified atom stereocenters. The Hall–Kier alpha value is -3.08. The van der Waals surface area contributed by atoms with Crippen LogP contribution in [-0.4, -0.2) is 56.5 Å². The minimum Gasteiger partial charge on any atom is -0.480 e. The zero-order chi connectivity index (χ0) is 23.8. The Kier molecular flexibility index (Phi) is 9.06. The Morgan fingerprint density at radius 3 is 2.50 bits per heavy atom. The van der Waals surface area contributed by atoms with Gasteiger partial charge < -0.3 is 20.7 Å². The van der Waals surface area contributed by atoms with Crippen LogP contribution in [0, 0.1) is 5.92 Å². The Morgan fingerprint density at radius 1 is 1.19 bits per heavy atom. The predicted octanol–water partition coefficient (Wildman–Crippen LogP) is 0.543. The van der Waals surface area contributed by atoms with Gasteiger partial charge in [-0.3, -0.25) is 19.0 Å². The Bertz CT molecular complexity index is 1100. The van der Waals surface area contributed by atoms with Crippen LogP contribution in [0.3, 0.4) is 0 Å². The monoisotopic (exact) mass is 464 g/mol. The van der Waals surface area contributed by atoms with Crippen molar-refractivity contribution in [2.45, 2.75) is 45.3 Å². The molecule has 1 heterocycles. The van der Waals surface area contributed by atoms with Crippen LogP contribution in [0.1, 0.15) is 26.7 Å². The summed E-state index contributed by atoms with van der Waals surface area (Å²) in [4.78, 5) is 64.4. The van der Waals surface area contributed by atoms with Crippen molar-refractivity contribution in [2.24, 2.45) is 5.92 Å². The highest BCUT2D eigenvalue weighted by atomic mass is 32.2. The molecule has 11 heteroatoms. The number of H-pyrrole nitrogens is 1. The molecule has 1 aromatic carbocycles. The minimum atomic E-state index is -1.16. The number of aliphatic carboxylic acids is 1. The summed E-state index contributed by atoms with van der Waals surface area (Å²) in [5.41, 5.74) is -0.995. The van der Waals surface area contributed by atoms with E-state index in [-0.39, 0.29) is 17.7 Å². The zero-order valence-electron chi connectivity index (χ0n) is 18.2. The van der Waals surface area contributed by atoms with Gasteiger partial charge in [0, 0.05) is 0 Å². The topological polar surface area (TPSA) is 150 Å². The van der Waals surface area contributed by atoms with Gasteiger partial charge in [0.15, 0.2) is 0 Å². The van der Waals surface area contributed by atoms with Gasteiger partial charge in [-0.2, -0.15) is 11.8 Å². The number of carboxylic acids is 1. The number of amides is 2. The highest BCUT2D eigenvalue weighted by molar-refractivity contribution is 7.98. The molecule has 0 spiro atoms. The summed E-state index contributed by atoms with van der Waals surface area (Å²) in [5.74, 6) is -2.25. The summed E-state index contributed by atoms with van der Waals surface area (Å²) in [6.45, 7) is 2.96. The second kappa shape index (κ2) is 11.5. The summed E-state index contributed by atoms with van der Waals surface area (Å²) in [5, 5.41) is 14.7. The maximum absolute atomic E-state index is 12.7. The van der Waals surface area contributed by atoms with Crippen LogP contribution in [0.4, 0.5) is 0 Å². The SMILES string of the molecule is CCC(C)C(NC(=O)C(CCSC)NC(=O)Cn1c(=O)[nH]c2ccccc2c1=O)C(=O)O. The smallest absolute Gasteiger partial charge is 0.329 e. The van der Waals surface area contributed by atoms with E-state index in [2.05, 4.69) is 15.6 Å². The molecule has 0 fully saturated rings. The minimum absolute atomic E-state index is 0.258. The van der Waals surface area contributed by atoms with Crippen molar-refractivity contribution in [2.75, 3.05) is 12.0 Å². The molecule has 1 aromatic heterocycles. The number of hydrogen-bond donors (Lipinski definition) is 4. The van der Waals surface area contributed by atoms with Gasteiger partial charge in [-0.1, -0.05) is 32.4 Å². The third-order valence-corrected chi connectivity index (χ3v) is 5.87. The molecule has 0 saturated carbocycles. The zero-order valence-corrected chi connectivity index (χ0v) is 19.0. The number of aromatic amines is 1. The first-order chi connectivity index (χ1) is 15.2. The summed E-state index contributed by atoms with van der Waals surface area (Å²) in [7, 11) is 0. The van der Waals surface area contributed by atoms with Crippen LogP contribution in [0.25, 0.3) is 10.9 Å². The highest BCUT2D eigenvalue weighted by Gasteiger charge is 2.29. The highest BCUT2D eigenvalue weighted by Crippen LogP contribution is 2.09. The number of nitrogens with one attached hydrogen (secondary N) is 3. The number of fused-ring (bicyclic) bond motifs is 1. The summed E-state index contributed by atoms with van der Waals surface area (Å²) in [6.07, 6.45) is 2.64. The molecule has 0 radical (unpaired) electrons. The largest absolute Gasteiger partial charge is 0.480 e. The van der Waals surface area contributed by atoms with Gasteiger partial charge >= 0.3 is 11.7 Å². The number of para-hydroxylation sites is 1. The number of carbonyl (C=O) groups excluding carboxylic acids is 2. The molecule has 174 valence electrons. The first-order valence-electron chi connectivity index (χ1n) is 10.2. The van der Waals surface area contributed by atoms with Gasteiger partial charge in [-0.05, 0) is 36.5 Å². The number of nitrogens with zero attached hydrogens (tertiary/aromatic N) is 1. The Balaban J connectivity index is 2.20. The van der Waals surface area contributed by atoms with E-state index in [0.717, 1.165) is 4.57 Å². The third-order valence-electron chi connectivity index (χ3n) is 5.23. The van der Waals surface area contributed by atoms with E-state index < -0.39 is 47.7 Å². The maximum Gasteiger partial charge on any atom is 0.329 e. The quantitative estimate of drug-likeness (QED) is 0.379. The fraction of sp³-hybridized carbons (Fsp3) is 0.476. The lowest BCUT2D eigenvalue weighted by Crippen LogP contribution is -2.54. The van der Waals surface area contributed by atoms with Crippen molar-refractivity contribution in [3.8, 4) is 0 Å². The molecule has 0 aliphatic rings. The van der Waals surface area contributed by atoms with E-state index in [1.165, 1.54) is 17.8 Å². The molecule has 0 aliphatic carbocycles. The van der Waals surface area contributed by atoms with Crippen molar-refractivity contribution in [1.29, 1.82) is 0 Å². The molecule has 0 aliphatic heterocycles. The molecule has 2 amide bonds. The van der Waals surface area contributed by atoms with Crippen molar-refractivity contribution in [3.63, 3.8) is 0 Å². The van der Waals surface area contributed by atoms with E-state index in [9.17, 15) is 29.1 Å². The van der Waals surface area contributed by atoms with E-state index in [0.29, 0.717) is 17.7 Å². The van der Waals surface area contributed by atoms with E-state index in [1.54, 1.807) is 25.1 Å². The van der Waals surface area contributed by atoms with Crippen molar-refractivity contribution in [3.05, 3.63) is 45.1 Å². The number of hydrogen-bond acceptors (Lipinski definition) is 6. The second-order valence-electron chi connectivity index (χ2n) is 7.48. The summed E-state index contributed by atoms with van der Waals surface area (Å²) >= 11 is 1.46. The molecule has 4 N–H and O–H groups in total. The standard InChI is InChI=1S/C21H28N4O6S/c1-4-12(2)17(20(29)30)24-18(27)15(9-10-32-3)22-16(26)11-25-19(28)13-7-5-6-8-14(13)23-21(25)31/h5-8,12,15,17H,4,9-11H2,1-3H3,(H,22,26)(H,23,31)(H,24,27)(H,29,30). The summed E-state index contributed by atoms with van der Waals surface area (Å²) in [6, 6.07) is 4.35. The van der Waals surface area contributed by atoms with Gasteiger partial charge in [0.2, 0.25) is 11.8 Å². The van der Waals surface area contributed by atoms with Gasteiger partial charge in [-0.15, -0.1) is 0 Å². The molecule has 2 rings (SSSR count). The van der Waals surface area contributed by atoms with Crippen LogP contribution in [0.15, 0.2) is 33.9 Å². The number of carboxylic acid groups (broad SMARTS) is 1. The number of rotatable bonds is 11. The normalized spacial score (nSPS) is 13.8. The molecule has 2 aromatic rings. The molecular weight excluding hydrogens is 436 g/mol. The van der Waals surface area contributed by atoms with Crippen molar-refractivity contribution < 1.29 is 19.5 Å². The van der Waals surface area contributed by atoms with Crippen LogP contribution in [-0.2, 0) is 20.9 Å². The predicted molar refractivity (Wildman–Crippen MR) is 123 cm³/mol. The molecule has 3 atom stereocenters. The average molecular weight is 465 g/mol. The Morgan fingerprint density at radius 2 is 1.88 bits per heavy atom. The van der Waals surface area contributed by atoms with Crippen molar-refractivity contribution >= 4 is 40.4 Å². The molecule has 10 nitrogen and oxygen atoms in total. The van der Waals surface area contributed by atoms with Crippen LogP contribution >= 0.6 is 11.8 Å². The molecule has 0 saturated heterocycles. The van der Waals surface area contributed by atoms with Crippen LogP contribution in [0.5, 0.6) is 0 Å². The van der Waals surface area contributed by atoms with Gasteiger partial charge in [0.25, 0.3) is 5.56 Å². The lowest BCUT2D eigenvalue weighted by atomic mass is 9.99. The lowest BCUT2D eigenvalue weighted by molar-refractivity contribution is -0.143. The molecule has 0 bridgehead atoms. The average Bonchev–Trinajstić information content (AvgIpc) is 2.76. The Labute approximate surface area is 188 Å². The fourth-order valence-electron chi connectivity index (χ4n) is 3.17. The number of benzene rings is 1. The van der Waals surface area contributed by atoms with Crippen molar-refractivity contribution in [1.82, 2.24) is 20.2 Å². The fourth-order valence-corrected chi connectivity index (χ4v) is 3.64. The van der Waals surface area contributed by atoms with E-state index in [4.69, 9.17) is 0 Å². The second-order valence-corrected chi connectivity index (χ2v) is 8.46. The first-order valence-corrected chi connectivity index (χ1v) is 11.6. The molecule has 32 heavy (non-hydrogen) atoms. The van der Waals surface area contributed by atoms with E-state index >= 15 is 0 Å². The number of aromatic nitrogens is 2. The van der Waals surface area contributed by atoms with Crippen LogP contribution < -0.4 is 21.9 Å².